The topological polar surface area (TPSA) is 163 Å². The zero-order chi connectivity index (χ0) is 37.6. The molecule has 0 aromatic heterocycles. The van der Waals surface area contributed by atoms with Crippen molar-refractivity contribution in [2.45, 2.75) is 163 Å². The Hall–Kier alpha value is -3.18. The third-order valence-electron chi connectivity index (χ3n) is 10.7. The van der Waals surface area contributed by atoms with E-state index in [-0.39, 0.29) is 29.1 Å². The number of urea groups is 1. The van der Waals surface area contributed by atoms with E-state index in [9.17, 15) is 28.8 Å². The molecule has 1 aliphatic heterocycles. The Kier molecular flexibility index (Phi) is 13.9. The molecule has 1 heterocycles. The Balaban J connectivity index is 1.86. The Bertz CT molecular complexity index is 1250. The average molecular weight is 704 g/mol. The van der Waals surface area contributed by atoms with E-state index in [1.54, 1.807) is 25.7 Å². The van der Waals surface area contributed by atoms with Crippen molar-refractivity contribution in [3.8, 4) is 0 Å². The first-order valence-electron chi connectivity index (χ1n) is 19.0. The van der Waals surface area contributed by atoms with Gasteiger partial charge in [0.15, 0.2) is 0 Å². The summed E-state index contributed by atoms with van der Waals surface area (Å²) < 4.78 is 5.62. The molecule has 0 spiro atoms. The van der Waals surface area contributed by atoms with Crippen LogP contribution in [-0.4, -0.2) is 83.3 Å². The summed E-state index contributed by atoms with van der Waals surface area (Å²) in [5.74, 6) is -2.92. The maximum Gasteiger partial charge on any atom is 0.329 e. The normalized spacial score (nSPS) is 23.5. The Morgan fingerprint density at radius 2 is 1.48 bits per heavy atom. The lowest BCUT2D eigenvalue weighted by molar-refractivity contribution is -0.160. The van der Waals surface area contributed by atoms with Crippen LogP contribution < -0.4 is 21.3 Å². The number of nitrogens with zero attached hydrogens (tertiary/aromatic N) is 1. The molecule has 0 aromatic rings. The molecular formula is C38H65N5O7. The molecule has 6 atom stereocenters. The van der Waals surface area contributed by atoms with Gasteiger partial charge in [0.05, 0.1) is 6.04 Å². The van der Waals surface area contributed by atoms with Crippen LogP contribution in [0.1, 0.15) is 133 Å². The highest BCUT2D eigenvalue weighted by Gasteiger charge is 2.69. The van der Waals surface area contributed by atoms with Gasteiger partial charge < -0.3 is 30.9 Å². The van der Waals surface area contributed by atoms with Gasteiger partial charge in [-0.05, 0) is 75.0 Å². The molecule has 1 saturated heterocycles. The molecule has 5 amide bonds. The summed E-state index contributed by atoms with van der Waals surface area (Å²) in [5, 5.41) is 11.3. The summed E-state index contributed by atoms with van der Waals surface area (Å²) in [7, 11) is 0. The first-order valence-corrected chi connectivity index (χ1v) is 19.0. The first kappa shape index (κ1) is 41.2. The van der Waals surface area contributed by atoms with Crippen molar-refractivity contribution in [3.05, 3.63) is 0 Å². The number of nitrogens with one attached hydrogen (secondary N) is 4. The Labute approximate surface area is 299 Å². The largest absolute Gasteiger partial charge is 0.458 e. The summed E-state index contributed by atoms with van der Waals surface area (Å²) in [6.07, 6.45) is 7.73. The van der Waals surface area contributed by atoms with Gasteiger partial charge in [-0.1, -0.05) is 87.0 Å². The van der Waals surface area contributed by atoms with E-state index in [1.165, 1.54) is 0 Å². The number of amides is 5. The van der Waals surface area contributed by atoms with Crippen molar-refractivity contribution < 1.29 is 33.5 Å². The molecule has 3 rings (SSSR count). The predicted molar refractivity (Wildman–Crippen MR) is 192 cm³/mol. The number of carbonyl (C=O) groups is 6. The molecule has 2 aliphatic carbocycles. The smallest absolute Gasteiger partial charge is 0.329 e. The molecular weight excluding hydrogens is 638 g/mol. The third-order valence-corrected chi connectivity index (χ3v) is 10.7. The molecule has 0 aromatic carbocycles. The van der Waals surface area contributed by atoms with Gasteiger partial charge in [-0.15, -0.1) is 0 Å². The van der Waals surface area contributed by atoms with Gasteiger partial charge in [0, 0.05) is 13.1 Å². The maximum atomic E-state index is 14.6. The van der Waals surface area contributed by atoms with Gasteiger partial charge in [0.25, 0.3) is 5.91 Å². The molecule has 3 aliphatic rings. The number of hydrogen-bond acceptors (Lipinski definition) is 7. The predicted octanol–water partition coefficient (Wildman–Crippen LogP) is 4.63. The van der Waals surface area contributed by atoms with Crippen molar-refractivity contribution in [1.29, 1.82) is 0 Å². The van der Waals surface area contributed by atoms with E-state index in [0.717, 1.165) is 51.4 Å². The molecule has 50 heavy (non-hydrogen) atoms. The van der Waals surface area contributed by atoms with Crippen molar-refractivity contribution in [2.75, 3.05) is 13.1 Å². The highest BCUT2D eigenvalue weighted by Crippen LogP contribution is 2.65. The van der Waals surface area contributed by atoms with Crippen molar-refractivity contribution in [2.24, 2.45) is 28.6 Å². The second kappa shape index (κ2) is 16.9. The van der Waals surface area contributed by atoms with E-state index in [1.807, 2.05) is 34.6 Å². The van der Waals surface area contributed by atoms with E-state index >= 15 is 0 Å². The fourth-order valence-electron chi connectivity index (χ4n) is 7.70. The van der Waals surface area contributed by atoms with Gasteiger partial charge in [0.1, 0.15) is 23.7 Å². The van der Waals surface area contributed by atoms with Crippen molar-refractivity contribution in [3.63, 3.8) is 0 Å². The first-order chi connectivity index (χ1) is 23.2. The number of ether oxygens (including phenoxy) is 1. The number of esters is 1. The minimum absolute atomic E-state index is 0.0857. The molecule has 12 heteroatoms. The molecule has 0 bridgehead atoms. The van der Waals surface area contributed by atoms with Crippen LogP contribution in [0.25, 0.3) is 0 Å². The van der Waals surface area contributed by atoms with Crippen molar-refractivity contribution in [1.82, 2.24) is 26.2 Å². The molecule has 0 radical (unpaired) electrons. The average Bonchev–Trinajstić information content (AvgIpc) is 3.33. The molecule has 284 valence electrons. The minimum Gasteiger partial charge on any atom is -0.458 e. The number of ketones is 1. The monoisotopic (exact) mass is 703 g/mol. The fourth-order valence-corrected chi connectivity index (χ4v) is 7.70. The number of piperidine rings is 1. The van der Waals surface area contributed by atoms with Crippen LogP contribution in [0.5, 0.6) is 0 Å². The molecule has 3 fully saturated rings. The third kappa shape index (κ3) is 10.4. The zero-order valence-corrected chi connectivity index (χ0v) is 32.3. The summed E-state index contributed by atoms with van der Waals surface area (Å²) in [6.45, 7) is 19.7. The maximum absolute atomic E-state index is 14.6. The van der Waals surface area contributed by atoms with E-state index in [4.69, 9.17) is 4.74 Å². The lowest BCUT2D eigenvalue weighted by Crippen LogP contribution is -2.62. The van der Waals surface area contributed by atoms with E-state index < -0.39 is 64.8 Å². The van der Waals surface area contributed by atoms with Crippen molar-refractivity contribution >= 4 is 35.5 Å². The number of hydrogen-bond donors (Lipinski definition) is 4. The number of unbranched alkanes of at least 4 members (excludes halogenated alkanes) is 2. The van der Waals surface area contributed by atoms with E-state index in [2.05, 4.69) is 35.1 Å². The van der Waals surface area contributed by atoms with Gasteiger partial charge in [-0.3, -0.25) is 19.2 Å². The summed E-state index contributed by atoms with van der Waals surface area (Å²) in [6, 6.07) is -4.37. The molecule has 2 saturated carbocycles. The lowest BCUT2D eigenvalue weighted by atomic mass is 9.83. The standard InChI is InChI=1S/C38H65N5O7/c1-11-13-20-25(29(44)32(46)39-21-14-12-2)40-31(45)28-26-24(38(26,9)10)22-43(28)33(47)27(23-18-16-15-17-19-23)41-35(49)42-30(36(3,4)5)34(48)50-37(6,7)8/h23-28,30H,11-22H2,1-10H3,(H,39,46)(H,40,45)(H2,41,42,49)/t24-,25?,26-,27-,28-,30+/m0/s1. The second-order valence-electron chi connectivity index (χ2n) is 17.4. The van der Waals surface area contributed by atoms with Crippen LogP contribution in [0, 0.1) is 28.6 Å². The number of Topliss-reactive ketones (excluding diaryl/α,β-unsaturated/α-hetero) is 1. The van der Waals surface area contributed by atoms with Crippen LogP contribution in [0.2, 0.25) is 0 Å². The quantitative estimate of drug-likeness (QED) is 0.110. The van der Waals surface area contributed by atoms with Crippen LogP contribution in [0.3, 0.4) is 0 Å². The molecule has 12 nitrogen and oxygen atoms in total. The summed E-state index contributed by atoms with van der Waals surface area (Å²) in [4.78, 5) is 83.2. The number of fused-ring (bicyclic) bond motifs is 1. The SMILES string of the molecule is CCCCNC(=O)C(=O)C(CCCC)NC(=O)[C@@H]1[C@@H]2[C@H](CN1C(=O)[C@@H](NC(=O)N[C@H](C(=O)OC(C)(C)C)C(C)(C)C)C1CCCCC1)C2(C)C. The fraction of sp³-hybridized carbons (Fsp3) is 0.842. The second-order valence-corrected chi connectivity index (χ2v) is 17.4. The van der Waals surface area contributed by atoms with Crippen LogP contribution >= 0.6 is 0 Å². The highest BCUT2D eigenvalue weighted by molar-refractivity contribution is 6.38. The number of likely N-dealkylation sites (tertiary alicyclic amines) is 1. The lowest BCUT2D eigenvalue weighted by Gasteiger charge is -2.38. The Morgan fingerprint density at radius 1 is 0.860 bits per heavy atom. The number of rotatable bonds is 15. The highest BCUT2D eigenvalue weighted by atomic mass is 16.6. The summed E-state index contributed by atoms with van der Waals surface area (Å²) >= 11 is 0. The minimum atomic E-state index is -0.998. The molecule has 4 N–H and O–H groups in total. The number of carbonyl (C=O) groups excluding carboxylic acids is 6. The Morgan fingerprint density at radius 3 is 2.04 bits per heavy atom. The molecule has 1 unspecified atom stereocenters. The van der Waals surface area contributed by atoms with Gasteiger partial charge in [0.2, 0.25) is 17.6 Å². The van der Waals surface area contributed by atoms with Crippen LogP contribution in [0.15, 0.2) is 0 Å². The van der Waals surface area contributed by atoms with E-state index in [0.29, 0.717) is 25.9 Å². The van der Waals surface area contributed by atoms with Gasteiger partial charge in [-0.25, -0.2) is 9.59 Å². The van der Waals surface area contributed by atoms with Gasteiger partial charge >= 0.3 is 12.0 Å². The van der Waals surface area contributed by atoms with Crippen LogP contribution in [0.4, 0.5) is 4.79 Å². The van der Waals surface area contributed by atoms with Crippen LogP contribution in [-0.2, 0) is 28.7 Å². The zero-order valence-electron chi connectivity index (χ0n) is 32.3. The summed E-state index contributed by atoms with van der Waals surface area (Å²) in [5.41, 5.74) is -1.61. The van der Waals surface area contributed by atoms with Gasteiger partial charge in [-0.2, -0.15) is 0 Å².